The fraction of sp³-hybridized carbons (Fsp3) is 0. The van der Waals surface area contributed by atoms with Crippen LogP contribution < -0.4 is 0 Å². The van der Waals surface area contributed by atoms with Crippen molar-refractivity contribution in [2.75, 3.05) is 0 Å². The van der Waals surface area contributed by atoms with Gasteiger partial charge in [-0.15, -0.1) is 0 Å². The normalized spacial score (nSPS) is 11.3. The van der Waals surface area contributed by atoms with Gasteiger partial charge in [0, 0.05) is 44.3 Å². The smallest absolute Gasteiger partial charge is 0.167 e. The van der Waals surface area contributed by atoms with E-state index in [-0.39, 0.29) is 11.4 Å². The van der Waals surface area contributed by atoms with Crippen LogP contribution in [0, 0.1) is 5.82 Å². The second-order valence-electron chi connectivity index (χ2n) is 13.3. The predicted octanol–water partition coefficient (Wildman–Crippen LogP) is 11.3. The molecule has 3 aromatic heterocycles. The van der Waals surface area contributed by atoms with E-state index in [4.69, 9.17) is 29.9 Å². The molecule has 0 aliphatic carbocycles. The molecule has 7 aromatic carbocycles. The van der Waals surface area contributed by atoms with Gasteiger partial charge < -0.3 is 4.57 Å². The summed E-state index contributed by atoms with van der Waals surface area (Å²) in [6, 6.07) is 58.8. The summed E-state index contributed by atoms with van der Waals surface area (Å²) in [4.78, 5) is 29.6. The van der Waals surface area contributed by atoms with Crippen molar-refractivity contribution in [3.8, 4) is 74.0 Å². The first-order valence-corrected chi connectivity index (χ1v) is 18.2. The number of hydrogen-bond donors (Lipinski definition) is 0. The lowest BCUT2D eigenvalue weighted by atomic mass is 10.0. The summed E-state index contributed by atoms with van der Waals surface area (Å²) in [6.45, 7) is 0. The molecule has 0 atom stereocenters. The third-order valence-electron chi connectivity index (χ3n) is 9.79. The van der Waals surface area contributed by atoms with Crippen molar-refractivity contribution in [3.63, 3.8) is 0 Å². The van der Waals surface area contributed by atoms with E-state index in [0.29, 0.717) is 34.7 Å². The predicted molar refractivity (Wildman–Crippen MR) is 220 cm³/mol. The summed E-state index contributed by atoms with van der Waals surface area (Å²) in [5, 5.41) is 2.10. The lowest BCUT2D eigenvalue weighted by Gasteiger charge is -2.12. The summed E-state index contributed by atoms with van der Waals surface area (Å²) < 4.78 is 18.3. The number of fused-ring (bicyclic) bond motifs is 3. The molecule has 3 heterocycles. The molecule has 0 spiro atoms. The maximum Gasteiger partial charge on any atom is 0.167 e. The molecule has 56 heavy (non-hydrogen) atoms. The largest absolute Gasteiger partial charge is 0.309 e. The molecule has 10 rings (SSSR count). The molecule has 0 fully saturated rings. The molecule has 0 radical (unpaired) electrons. The Bertz CT molecular complexity index is 2970. The van der Waals surface area contributed by atoms with Crippen LogP contribution >= 0.6 is 0 Å². The van der Waals surface area contributed by atoms with E-state index in [2.05, 4.69) is 53.1 Å². The second kappa shape index (κ2) is 13.9. The van der Waals surface area contributed by atoms with E-state index in [9.17, 15) is 0 Å². The highest BCUT2D eigenvalue weighted by molar-refractivity contribution is 6.15. The van der Waals surface area contributed by atoms with Gasteiger partial charge in [-0.1, -0.05) is 140 Å². The van der Waals surface area contributed by atoms with Gasteiger partial charge in [0.1, 0.15) is 5.82 Å². The minimum absolute atomic E-state index is 0.202. The number of benzene rings is 7. The highest BCUT2D eigenvalue weighted by Gasteiger charge is 2.21. The van der Waals surface area contributed by atoms with E-state index in [0.717, 1.165) is 49.7 Å². The first-order chi connectivity index (χ1) is 27.7. The Hall–Kier alpha value is -7.71. The number of nitrogens with zero attached hydrogens (tertiary/aromatic N) is 7. The zero-order valence-corrected chi connectivity index (χ0v) is 29.8. The zero-order chi connectivity index (χ0) is 37.4. The average Bonchev–Trinajstić information content (AvgIpc) is 3.62. The molecule has 0 saturated carbocycles. The van der Waals surface area contributed by atoms with Gasteiger partial charge in [-0.2, -0.15) is 0 Å². The molecule has 0 aliphatic rings. The number of halogens is 1. The quantitative estimate of drug-likeness (QED) is 0.163. The fourth-order valence-electron chi connectivity index (χ4n) is 7.17. The highest BCUT2D eigenvalue weighted by Crippen LogP contribution is 2.38. The second-order valence-corrected chi connectivity index (χ2v) is 13.3. The lowest BCUT2D eigenvalue weighted by Crippen LogP contribution is -2.03. The summed E-state index contributed by atoms with van der Waals surface area (Å²) in [7, 11) is 0. The number of rotatable bonds is 7. The van der Waals surface area contributed by atoms with Gasteiger partial charge in [0.2, 0.25) is 0 Å². The Morgan fingerprint density at radius 3 is 1.36 bits per heavy atom. The number of aromatic nitrogens is 7. The molecule has 264 valence electrons. The summed E-state index contributed by atoms with van der Waals surface area (Å²) in [6.07, 6.45) is 0. The zero-order valence-electron chi connectivity index (χ0n) is 29.8. The van der Waals surface area contributed by atoms with E-state index in [1.54, 1.807) is 12.1 Å². The molecule has 0 aliphatic heterocycles. The molecule has 8 heteroatoms. The van der Waals surface area contributed by atoms with E-state index in [1.165, 1.54) is 6.07 Å². The summed E-state index contributed by atoms with van der Waals surface area (Å²) in [5.74, 6) is 1.99. The van der Waals surface area contributed by atoms with E-state index < -0.39 is 5.82 Å². The first kappa shape index (κ1) is 32.9. The molecular formula is C48H30FN7. The molecule has 0 unspecified atom stereocenters. The maximum absolute atomic E-state index is 16.0. The van der Waals surface area contributed by atoms with Crippen molar-refractivity contribution in [3.05, 3.63) is 188 Å². The first-order valence-electron chi connectivity index (χ1n) is 18.2. The lowest BCUT2D eigenvalue weighted by molar-refractivity contribution is 0.630. The molecule has 0 amide bonds. The van der Waals surface area contributed by atoms with Crippen LogP contribution in [0.2, 0.25) is 0 Å². The number of para-hydroxylation sites is 2. The Morgan fingerprint density at radius 1 is 0.339 bits per heavy atom. The summed E-state index contributed by atoms with van der Waals surface area (Å²) >= 11 is 0. The Kier molecular flexibility index (Phi) is 8.18. The molecule has 0 saturated heterocycles. The molecule has 0 N–H and O–H groups in total. The minimum atomic E-state index is -0.478. The highest BCUT2D eigenvalue weighted by atomic mass is 19.1. The van der Waals surface area contributed by atoms with E-state index in [1.807, 2.05) is 115 Å². The Balaban J connectivity index is 1.18. The monoisotopic (exact) mass is 723 g/mol. The van der Waals surface area contributed by atoms with Crippen LogP contribution in [0.25, 0.3) is 95.8 Å². The Labute approximate surface area is 321 Å². The third kappa shape index (κ3) is 5.95. The molecule has 0 bridgehead atoms. The standard InChI is InChI=1S/C48H30FN7/c49-39-29-28-34(30-38(39)48-53-43(31-16-5-1-6-17-31)50-44(54-48)32-18-7-2-8-19-32)46-51-45(33-20-9-3-10-21-33)52-47(55-46)37-25-15-27-41-42(37)36-24-13-14-26-40(36)56(41)35-22-11-4-12-23-35/h1-30H. The maximum atomic E-state index is 16.0. The summed E-state index contributed by atoms with van der Waals surface area (Å²) in [5.41, 5.74) is 7.22. The van der Waals surface area contributed by atoms with Crippen LogP contribution in [-0.2, 0) is 0 Å². The van der Waals surface area contributed by atoms with Gasteiger partial charge >= 0.3 is 0 Å². The average molecular weight is 724 g/mol. The van der Waals surface area contributed by atoms with Crippen LogP contribution in [0.1, 0.15) is 0 Å². The van der Waals surface area contributed by atoms with Crippen LogP contribution in [0.3, 0.4) is 0 Å². The third-order valence-corrected chi connectivity index (χ3v) is 9.79. The molecular weight excluding hydrogens is 694 g/mol. The van der Waals surface area contributed by atoms with E-state index >= 15 is 4.39 Å². The molecule has 10 aromatic rings. The van der Waals surface area contributed by atoms with Crippen LogP contribution in [0.5, 0.6) is 0 Å². The van der Waals surface area contributed by atoms with Gasteiger partial charge in [0.05, 0.1) is 16.6 Å². The van der Waals surface area contributed by atoms with Crippen molar-refractivity contribution >= 4 is 21.8 Å². The van der Waals surface area contributed by atoms with Gasteiger partial charge in [0.15, 0.2) is 34.9 Å². The van der Waals surface area contributed by atoms with Gasteiger partial charge in [-0.25, -0.2) is 34.3 Å². The van der Waals surface area contributed by atoms with Crippen molar-refractivity contribution < 1.29 is 4.39 Å². The van der Waals surface area contributed by atoms with Crippen molar-refractivity contribution in [2.45, 2.75) is 0 Å². The topological polar surface area (TPSA) is 82.3 Å². The van der Waals surface area contributed by atoms with Gasteiger partial charge in [-0.3, -0.25) is 0 Å². The van der Waals surface area contributed by atoms with Crippen LogP contribution in [-0.4, -0.2) is 34.5 Å². The van der Waals surface area contributed by atoms with Crippen molar-refractivity contribution in [1.82, 2.24) is 34.5 Å². The molecule has 7 nitrogen and oxygen atoms in total. The minimum Gasteiger partial charge on any atom is -0.309 e. The van der Waals surface area contributed by atoms with Crippen molar-refractivity contribution in [2.24, 2.45) is 0 Å². The van der Waals surface area contributed by atoms with Crippen molar-refractivity contribution in [1.29, 1.82) is 0 Å². The Morgan fingerprint density at radius 2 is 0.786 bits per heavy atom. The number of hydrogen-bond acceptors (Lipinski definition) is 6. The van der Waals surface area contributed by atoms with Crippen LogP contribution in [0.15, 0.2) is 182 Å². The van der Waals surface area contributed by atoms with Gasteiger partial charge in [0.25, 0.3) is 0 Å². The van der Waals surface area contributed by atoms with Crippen LogP contribution in [0.4, 0.5) is 4.39 Å². The van der Waals surface area contributed by atoms with Gasteiger partial charge in [-0.05, 0) is 42.5 Å². The fourth-order valence-corrected chi connectivity index (χ4v) is 7.17. The SMILES string of the molecule is Fc1ccc(-c2nc(-c3ccccc3)nc(-c3cccc4c3c3ccccc3n4-c3ccccc3)n2)cc1-c1nc(-c2ccccc2)nc(-c2ccccc2)n1.